The second-order valence-corrected chi connectivity index (χ2v) is 4.64. The van der Waals surface area contributed by atoms with Crippen molar-refractivity contribution in [1.82, 2.24) is 9.97 Å². The highest BCUT2D eigenvalue weighted by molar-refractivity contribution is 6.05. The van der Waals surface area contributed by atoms with Crippen LogP contribution in [0.1, 0.15) is 28.7 Å². The molecule has 0 aliphatic rings. The predicted octanol–water partition coefficient (Wildman–Crippen LogP) is 1.83. The zero-order valence-corrected chi connectivity index (χ0v) is 12.4. The van der Waals surface area contributed by atoms with E-state index in [0.29, 0.717) is 35.7 Å². The smallest absolute Gasteiger partial charge is 0.342 e. The van der Waals surface area contributed by atoms with Gasteiger partial charge in [-0.25, -0.2) is 14.8 Å². The van der Waals surface area contributed by atoms with E-state index in [9.17, 15) is 4.79 Å². The summed E-state index contributed by atoms with van der Waals surface area (Å²) in [5, 5.41) is 12.8. The summed E-state index contributed by atoms with van der Waals surface area (Å²) in [4.78, 5) is 21.0. The Morgan fingerprint density at radius 1 is 1.33 bits per heavy atom. The first-order chi connectivity index (χ1) is 10.1. The first-order valence-electron chi connectivity index (χ1n) is 6.88. The fourth-order valence-electron chi connectivity index (χ4n) is 2.17. The van der Waals surface area contributed by atoms with Crippen LogP contribution in [-0.4, -0.2) is 40.8 Å². The van der Waals surface area contributed by atoms with Crippen LogP contribution in [0.3, 0.4) is 0 Å². The molecule has 0 radical (unpaired) electrons. The van der Waals surface area contributed by atoms with Crippen LogP contribution in [-0.2, 0) is 4.74 Å². The number of fused-ring (bicyclic) bond motifs is 1. The van der Waals surface area contributed by atoms with Crippen molar-refractivity contribution < 1.29 is 14.6 Å². The highest BCUT2D eigenvalue weighted by Crippen LogP contribution is 2.28. The fourth-order valence-corrected chi connectivity index (χ4v) is 2.17. The Hall–Kier alpha value is -2.21. The van der Waals surface area contributed by atoms with E-state index in [0.717, 1.165) is 11.1 Å². The average molecular weight is 289 g/mol. The Labute approximate surface area is 123 Å². The molecule has 2 aromatic rings. The summed E-state index contributed by atoms with van der Waals surface area (Å²) < 4.78 is 5.10. The van der Waals surface area contributed by atoms with Crippen molar-refractivity contribution in [2.24, 2.45) is 0 Å². The number of aliphatic hydroxyl groups excluding tert-OH is 1. The predicted molar refractivity (Wildman–Crippen MR) is 80.5 cm³/mol. The summed E-state index contributed by atoms with van der Waals surface area (Å²) in [5.74, 6) is -0.426. The SMILES string of the molecule is CCOC(=O)c1c(C)nc2nc(C)ccc2c1NCCO. The summed E-state index contributed by atoms with van der Waals surface area (Å²) in [5.41, 5.74) is 2.98. The van der Waals surface area contributed by atoms with Crippen molar-refractivity contribution in [2.75, 3.05) is 25.1 Å². The van der Waals surface area contributed by atoms with Gasteiger partial charge < -0.3 is 15.2 Å². The number of aromatic nitrogens is 2. The molecule has 0 atom stereocenters. The zero-order valence-electron chi connectivity index (χ0n) is 12.4. The molecule has 0 aliphatic carbocycles. The summed E-state index contributed by atoms with van der Waals surface area (Å²) in [6.07, 6.45) is 0. The van der Waals surface area contributed by atoms with Gasteiger partial charge in [-0.15, -0.1) is 0 Å². The number of esters is 1. The molecule has 0 aliphatic heterocycles. The highest BCUT2D eigenvalue weighted by atomic mass is 16.5. The van der Waals surface area contributed by atoms with E-state index in [1.165, 1.54) is 0 Å². The molecule has 0 unspecified atom stereocenters. The minimum Gasteiger partial charge on any atom is -0.462 e. The maximum absolute atomic E-state index is 12.2. The first-order valence-corrected chi connectivity index (χ1v) is 6.88. The topological polar surface area (TPSA) is 84.3 Å². The monoisotopic (exact) mass is 289 g/mol. The van der Waals surface area contributed by atoms with E-state index in [2.05, 4.69) is 15.3 Å². The van der Waals surface area contributed by atoms with Crippen molar-refractivity contribution in [3.8, 4) is 0 Å². The number of hydrogen-bond acceptors (Lipinski definition) is 6. The molecule has 0 bridgehead atoms. The van der Waals surface area contributed by atoms with Gasteiger partial charge in [-0.3, -0.25) is 0 Å². The van der Waals surface area contributed by atoms with E-state index in [1.807, 2.05) is 19.1 Å². The minimum absolute atomic E-state index is 0.0373. The van der Waals surface area contributed by atoms with E-state index in [1.54, 1.807) is 13.8 Å². The van der Waals surface area contributed by atoms with Gasteiger partial charge in [-0.05, 0) is 32.9 Å². The molecule has 0 amide bonds. The second-order valence-electron chi connectivity index (χ2n) is 4.64. The number of aryl methyl sites for hydroxylation is 2. The van der Waals surface area contributed by atoms with Crippen LogP contribution in [0, 0.1) is 13.8 Å². The molecule has 2 N–H and O–H groups in total. The third-order valence-electron chi connectivity index (χ3n) is 3.06. The molecule has 0 aromatic carbocycles. The van der Waals surface area contributed by atoms with Gasteiger partial charge in [-0.1, -0.05) is 0 Å². The molecule has 2 rings (SSSR count). The van der Waals surface area contributed by atoms with Gasteiger partial charge in [0.25, 0.3) is 0 Å². The Kier molecular flexibility index (Phi) is 4.70. The number of hydrogen-bond donors (Lipinski definition) is 2. The summed E-state index contributed by atoms with van der Waals surface area (Å²) in [6, 6.07) is 3.73. The van der Waals surface area contributed by atoms with Gasteiger partial charge in [0.2, 0.25) is 0 Å². The lowest BCUT2D eigenvalue weighted by molar-refractivity contribution is 0.0526. The quantitative estimate of drug-likeness (QED) is 0.817. The molecule has 21 heavy (non-hydrogen) atoms. The van der Waals surface area contributed by atoms with Crippen LogP contribution in [0.4, 0.5) is 5.69 Å². The molecule has 2 aromatic heterocycles. The van der Waals surface area contributed by atoms with Crippen LogP contribution in [0.25, 0.3) is 11.0 Å². The van der Waals surface area contributed by atoms with E-state index < -0.39 is 5.97 Å². The number of nitrogens with one attached hydrogen (secondary N) is 1. The largest absolute Gasteiger partial charge is 0.462 e. The standard InChI is InChI=1S/C15H19N3O3/c1-4-21-15(20)12-10(3)18-14-11(6-5-9(2)17-14)13(12)16-7-8-19/h5-6,19H,4,7-8H2,1-3H3,(H,16,17,18). The summed E-state index contributed by atoms with van der Waals surface area (Å²) in [7, 11) is 0. The zero-order chi connectivity index (χ0) is 15.4. The van der Waals surface area contributed by atoms with Gasteiger partial charge in [-0.2, -0.15) is 0 Å². The first kappa shape index (κ1) is 15.2. The number of ether oxygens (including phenoxy) is 1. The minimum atomic E-state index is -0.426. The summed E-state index contributed by atoms with van der Waals surface area (Å²) >= 11 is 0. The van der Waals surface area contributed by atoms with Crippen LogP contribution < -0.4 is 5.32 Å². The molecule has 0 fully saturated rings. The highest BCUT2D eigenvalue weighted by Gasteiger charge is 2.20. The Morgan fingerprint density at radius 3 is 2.76 bits per heavy atom. The maximum atomic E-state index is 12.2. The number of carbonyl (C=O) groups excluding carboxylic acids is 1. The molecule has 0 spiro atoms. The molecule has 6 heteroatoms. The lowest BCUT2D eigenvalue weighted by Crippen LogP contribution is -2.15. The lowest BCUT2D eigenvalue weighted by Gasteiger charge is -2.15. The third-order valence-corrected chi connectivity index (χ3v) is 3.06. The second kappa shape index (κ2) is 6.49. The van der Waals surface area contributed by atoms with E-state index >= 15 is 0 Å². The molecule has 0 saturated carbocycles. The van der Waals surface area contributed by atoms with Crippen molar-refractivity contribution in [1.29, 1.82) is 0 Å². The van der Waals surface area contributed by atoms with Gasteiger partial charge in [0.1, 0.15) is 5.56 Å². The molecule has 112 valence electrons. The van der Waals surface area contributed by atoms with Gasteiger partial charge in [0, 0.05) is 17.6 Å². The molecule has 0 saturated heterocycles. The number of carbonyl (C=O) groups is 1. The van der Waals surface area contributed by atoms with Crippen molar-refractivity contribution >= 4 is 22.7 Å². The van der Waals surface area contributed by atoms with Gasteiger partial charge in [0.05, 0.1) is 24.6 Å². The third kappa shape index (κ3) is 3.11. The number of pyridine rings is 2. The lowest BCUT2D eigenvalue weighted by atomic mass is 10.1. The van der Waals surface area contributed by atoms with E-state index in [-0.39, 0.29) is 6.61 Å². The van der Waals surface area contributed by atoms with Crippen LogP contribution >= 0.6 is 0 Å². The van der Waals surface area contributed by atoms with Gasteiger partial charge in [0.15, 0.2) is 5.65 Å². The number of aliphatic hydroxyl groups is 1. The van der Waals surface area contributed by atoms with Crippen LogP contribution in [0.15, 0.2) is 12.1 Å². The number of rotatable bonds is 5. The fraction of sp³-hybridized carbons (Fsp3) is 0.400. The number of nitrogens with zero attached hydrogens (tertiary/aromatic N) is 2. The summed E-state index contributed by atoms with van der Waals surface area (Å²) in [6.45, 7) is 5.98. The van der Waals surface area contributed by atoms with Crippen LogP contribution in [0.2, 0.25) is 0 Å². The van der Waals surface area contributed by atoms with Crippen molar-refractivity contribution in [3.05, 3.63) is 29.1 Å². The maximum Gasteiger partial charge on any atom is 0.342 e. The Morgan fingerprint density at radius 2 is 2.10 bits per heavy atom. The van der Waals surface area contributed by atoms with Crippen molar-refractivity contribution in [2.45, 2.75) is 20.8 Å². The van der Waals surface area contributed by atoms with Crippen molar-refractivity contribution in [3.63, 3.8) is 0 Å². The Bertz CT molecular complexity index is 671. The molecule has 2 heterocycles. The molecular weight excluding hydrogens is 270 g/mol. The Balaban J connectivity index is 2.67. The van der Waals surface area contributed by atoms with Gasteiger partial charge >= 0.3 is 5.97 Å². The van der Waals surface area contributed by atoms with Crippen LogP contribution in [0.5, 0.6) is 0 Å². The van der Waals surface area contributed by atoms with E-state index in [4.69, 9.17) is 9.84 Å². The number of anilines is 1. The normalized spacial score (nSPS) is 10.7. The molecule has 6 nitrogen and oxygen atoms in total. The average Bonchev–Trinajstić information content (AvgIpc) is 2.44. The molecular formula is C15H19N3O3.